The Morgan fingerprint density at radius 2 is 1.96 bits per heavy atom. The van der Waals surface area contributed by atoms with Crippen LogP contribution >= 0.6 is 11.6 Å². The van der Waals surface area contributed by atoms with Gasteiger partial charge in [-0.1, -0.05) is 23.3 Å². The number of amides is 4. The van der Waals surface area contributed by atoms with Gasteiger partial charge in [0.2, 0.25) is 5.91 Å². The lowest BCUT2D eigenvalue weighted by atomic mass is 9.97. The minimum atomic E-state index is -1.10. The van der Waals surface area contributed by atoms with Crippen LogP contribution in [-0.4, -0.2) is 30.1 Å². The van der Waals surface area contributed by atoms with Gasteiger partial charge < -0.3 is 0 Å². The Balaban J connectivity index is 1.74. The average molecular weight is 388 g/mol. The standard InChI is InChI=1S/C20H22ClN3O3/c1-13(22-12-11-14-5-3-2-4-6-14)17-18(25)23-20(27)24(19(17)26)16-9-7-15(21)8-10-16/h5,7-10,17H,2-4,6,11-12H2,1H3,(H,23,25,27). The summed E-state index contributed by atoms with van der Waals surface area (Å²) in [6.45, 7) is 2.19. The van der Waals surface area contributed by atoms with Crippen LogP contribution in [0.3, 0.4) is 0 Å². The molecule has 1 fully saturated rings. The topological polar surface area (TPSA) is 78.8 Å². The molecule has 1 aliphatic heterocycles. The lowest BCUT2D eigenvalue weighted by molar-refractivity contribution is -0.131. The average Bonchev–Trinajstić information content (AvgIpc) is 2.64. The molecule has 27 heavy (non-hydrogen) atoms. The van der Waals surface area contributed by atoms with E-state index in [4.69, 9.17) is 11.6 Å². The summed E-state index contributed by atoms with van der Waals surface area (Å²) in [5.41, 5.74) is 2.16. The summed E-state index contributed by atoms with van der Waals surface area (Å²) in [7, 11) is 0. The molecule has 0 spiro atoms. The lowest BCUT2D eigenvalue weighted by Gasteiger charge is -2.30. The number of rotatable bonds is 5. The highest BCUT2D eigenvalue weighted by molar-refractivity contribution is 6.35. The zero-order valence-electron chi connectivity index (χ0n) is 15.2. The number of allylic oxidation sites excluding steroid dienone is 1. The first kappa shape index (κ1) is 19.3. The summed E-state index contributed by atoms with van der Waals surface area (Å²) in [6.07, 6.45) is 7.73. The second-order valence-electron chi connectivity index (χ2n) is 6.76. The molecule has 1 N–H and O–H groups in total. The molecule has 1 heterocycles. The summed E-state index contributed by atoms with van der Waals surface area (Å²) in [5.74, 6) is -2.32. The number of aliphatic imine (C=N–C) groups is 1. The van der Waals surface area contributed by atoms with Gasteiger partial charge in [0.15, 0.2) is 5.92 Å². The summed E-state index contributed by atoms with van der Waals surface area (Å²) in [5, 5.41) is 2.74. The number of hydrogen-bond acceptors (Lipinski definition) is 4. The van der Waals surface area contributed by atoms with Crippen LogP contribution in [0.1, 0.15) is 39.0 Å². The van der Waals surface area contributed by atoms with Crippen molar-refractivity contribution in [3.8, 4) is 0 Å². The van der Waals surface area contributed by atoms with Gasteiger partial charge in [-0.25, -0.2) is 9.69 Å². The Morgan fingerprint density at radius 1 is 1.22 bits per heavy atom. The molecule has 1 aromatic carbocycles. The smallest absolute Gasteiger partial charge is 0.293 e. The summed E-state index contributed by atoms with van der Waals surface area (Å²) in [4.78, 5) is 42.7. The van der Waals surface area contributed by atoms with Crippen LogP contribution in [0.25, 0.3) is 0 Å². The number of benzene rings is 1. The number of halogens is 1. The van der Waals surface area contributed by atoms with Gasteiger partial charge in [0, 0.05) is 17.3 Å². The first-order chi connectivity index (χ1) is 13.0. The van der Waals surface area contributed by atoms with E-state index in [9.17, 15) is 14.4 Å². The quantitative estimate of drug-likeness (QED) is 0.473. The van der Waals surface area contributed by atoms with Gasteiger partial charge in [-0.15, -0.1) is 0 Å². The van der Waals surface area contributed by atoms with Crippen molar-refractivity contribution >= 4 is 40.8 Å². The SMILES string of the molecule is CC(=NCCC1=CCCCC1)C1C(=O)NC(=O)N(c2ccc(Cl)cc2)C1=O. The fraction of sp³-hybridized carbons (Fsp3) is 0.400. The summed E-state index contributed by atoms with van der Waals surface area (Å²) >= 11 is 5.87. The second-order valence-corrected chi connectivity index (χ2v) is 7.20. The fourth-order valence-corrected chi connectivity index (χ4v) is 3.50. The molecule has 0 radical (unpaired) electrons. The van der Waals surface area contributed by atoms with E-state index in [1.165, 1.54) is 18.4 Å². The highest BCUT2D eigenvalue weighted by atomic mass is 35.5. The number of barbiturate groups is 1. The van der Waals surface area contributed by atoms with E-state index in [1.807, 2.05) is 0 Å². The molecular formula is C20H22ClN3O3. The van der Waals surface area contributed by atoms with Gasteiger partial charge in [-0.2, -0.15) is 0 Å². The van der Waals surface area contributed by atoms with Crippen LogP contribution in [0.5, 0.6) is 0 Å². The van der Waals surface area contributed by atoms with Crippen molar-refractivity contribution in [1.82, 2.24) is 5.32 Å². The van der Waals surface area contributed by atoms with E-state index in [1.54, 1.807) is 31.2 Å². The minimum Gasteiger partial charge on any atom is -0.293 e. The number of nitrogens with zero attached hydrogens (tertiary/aromatic N) is 2. The van der Waals surface area contributed by atoms with Crippen LogP contribution in [0.15, 0.2) is 40.9 Å². The molecule has 3 rings (SSSR count). The maximum atomic E-state index is 12.9. The highest BCUT2D eigenvalue weighted by Crippen LogP contribution is 2.24. The molecule has 0 bridgehead atoms. The number of imide groups is 2. The first-order valence-electron chi connectivity index (χ1n) is 9.10. The van der Waals surface area contributed by atoms with E-state index in [-0.39, 0.29) is 0 Å². The third kappa shape index (κ3) is 4.45. The van der Waals surface area contributed by atoms with Crippen molar-refractivity contribution in [1.29, 1.82) is 0 Å². The number of nitrogens with one attached hydrogen (secondary N) is 1. The third-order valence-electron chi connectivity index (χ3n) is 4.84. The Bertz CT molecular complexity index is 814. The second kappa shape index (κ2) is 8.48. The molecule has 0 aromatic heterocycles. The van der Waals surface area contributed by atoms with Gasteiger partial charge in [-0.3, -0.25) is 19.9 Å². The number of urea groups is 1. The number of anilines is 1. The van der Waals surface area contributed by atoms with Crippen molar-refractivity contribution in [2.75, 3.05) is 11.4 Å². The van der Waals surface area contributed by atoms with Crippen molar-refractivity contribution in [2.45, 2.75) is 39.0 Å². The zero-order valence-corrected chi connectivity index (χ0v) is 16.0. The molecule has 1 saturated heterocycles. The van der Waals surface area contributed by atoms with Crippen molar-refractivity contribution in [2.24, 2.45) is 10.9 Å². The molecule has 0 saturated carbocycles. The first-order valence-corrected chi connectivity index (χ1v) is 9.48. The van der Waals surface area contributed by atoms with E-state index >= 15 is 0 Å². The molecule has 6 nitrogen and oxygen atoms in total. The molecule has 2 aliphatic rings. The van der Waals surface area contributed by atoms with Crippen LogP contribution in [0, 0.1) is 5.92 Å². The monoisotopic (exact) mass is 387 g/mol. The maximum absolute atomic E-state index is 12.9. The lowest BCUT2D eigenvalue weighted by Crippen LogP contribution is -2.60. The summed E-state index contributed by atoms with van der Waals surface area (Å²) in [6, 6.07) is 5.54. The van der Waals surface area contributed by atoms with Gasteiger partial charge >= 0.3 is 6.03 Å². The molecular weight excluding hydrogens is 366 g/mol. The van der Waals surface area contributed by atoms with Crippen LogP contribution in [-0.2, 0) is 9.59 Å². The largest absolute Gasteiger partial charge is 0.335 e. The number of carbonyl (C=O) groups excluding carboxylic acids is 3. The van der Waals surface area contributed by atoms with Gasteiger partial charge in [0.25, 0.3) is 5.91 Å². The van der Waals surface area contributed by atoms with Gasteiger partial charge in [-0.05, 0) is 63.3 Å². The Hall–Kier alpha value is -2.47. The fourth-order valence-electron chi connectivity index (χ4n) is 3.38. The molecule has 142 valence electrons. The highest BCUT2D eigenvalue weighted by Gasteiger charge is 2.42. The molecule has 1 unspecified atom stereocenters. The Labute approximate surface area is 163 Å². The van der Waals surface area contributed by atoms with E-state index in [0.717, 1.165) is 24.2 Å². The van der Waals surface area contributed by atoms with Crippen LogP contribution < -0.4 is 10.2 Å². The number of hydrogen-bond donors (Lipinski definition) is 1. The van der Waals surface area contributed by atoms with Gasteiger partial charge in [0.1, 0.15) is 0 Å². The van der Waals surface area contributed by atoms with Gasteiger partial charge in [0.05, 0.1) is 5.69 Å². The van der Waals surface area contributed by atoms with Crippen LogP contribution in [0.2, 0.25) is 5.02 Å². The predicted octanol–water partition coefficient (Wildman–Crippen LogP) is 3.89. The van der Waals surface area contributed by atoms with Crippen molar-refractivity contribution < 1.29 is 14.4 Å². The predicted molar refractivity (Wildman–Crippen MR) is 105 cm³/mol. The molecule has 1 aromatic rings. The summed E-state index contributed by atoms with van der Waals surface area (Å²) < 4.78 is 0. The minimum absolute atomic E-state index is 0.361. The zero-order chi connectivity index (χ0) is 19.4. The Morgan fingerprint density at radius 3 is 2.63 bits per heavy atom. The number of carbonyl (C=O) groups is 3. The molecule has 7 heteroatoms. The van der Waals surface area contributed by atoms with Crippen LogP contribution in [0.4, 0.5) is 10.5 Å². The van der Waals surface area contributed by atoms with E-state index in [2.05, 4.69) is 16.4 Å². The molecule has 1 atom stereocenters. The molecule has 1 aliphatic carbocycles. The molecule has 4 amide bonds. The van der Waals surface area contributed by atoms with E-state index < -0.39 is 23.8 Å². The van der Waals surface area contributed by atoms with Crippen molar-refractivity contribution in [3.05, 3.63) is 40.9 Å². The van der Waals surface area contributed by atoms with E-state index in [0.29, 0.717) is 23.0 Å². The van der Waals surface area contributed by atoms with Crippen molar-refractivity contribution in [3.63, 3.8) is 0 Å². The Kier molecular flexibility index (Phi) is 6.06. The third-order valence-corrected chi connectivity index (χ3v) is 5.10. The normalized spacial score (nSPS) is 21.2. The maximum Gasteiger partial charge on any atom is 0.335 e.